The predicted octanol–water partition coefficient (Wildman–Crippen LogP) is 3.01. The summed E-state index contributed by atoms with van der Waals surface area (Å²) in [5.41, 5.74) is 4.30. The highest BCUT2D eigenvalue weighted by Crippen LogP contribution is 2.42. The Morgan fingerprint density at radius 2 is 2.22 bits per heavy atom. The van der Waals surface area contributed by atoms with Crippen molar-refractivity contribution in [2.45, 2.75) is 18.9 Å². The molecule has 1 aromatic carbocycles. The van der Waals surface area contributed by atoms with Gasteiger partial charge in [-0.1, -0.05) is 12.1 Å². The van der Waals surface area contributed by atoms with Crippen LogP contribution in [0.15, 0.2) is 41.0 Å². The van der Waals surface area contributed by atoms with Crippen molar-refractivity contribution >= 4 is 11.6 Å². The fourth-order valence-corrected chi connectivity index (χ4v) is 3.25. The third kappa shape index (κ3) is 1.40. The SMILES string of the molecule is c1coc(N2CCC3CNCc4cccc2c43)c1. The van der Waals surface area contributed by atoms with E-state index in [4.69, 9.17) is 4.42 Å². The summed E-state index contributed by atoms with van der Waals surface area (Å²) in [6, 6.07) is 10.6. The molecule has 2 aromatic rings. The second kappa shape index (κ2) is 3.89. The maximum Gasteiger partial charge on any atom is 0.199 e. The van der Waals surface area contributed by atoms with Gasteiger partial charge in [0.25, 0.3) is 0 Å². The number of nitrogens with zero attached hydrogens (tertiary/aromatic N) is 1. The van der Waals surface area contributed by atoms with E-state index in [-0.39, 0.29) is 0 Å². The minimum atomic E-state index is 0.663. The van der Waals surface area contributed by atoms with Crippen molar-refractivity contribution in [3.8, 4) is 0 Å². The summed E-state index contributed by atoms with van der Waals surface area (Å²) >= 11 is 0. The first kappa shape index (κ1) is 10.2. The molecule has 1 aromatic heterocycles. The van der Waals surface area contributed by atoms with Gasteiger partial charge in [0.2, 0.25) is 0 Å². The second-order valence-corrected chi connectivity index (χ2v) is 5.07. The zero-order chi connectivity index (χ0) is 11.9. The Labute approximate surface area is 106 Å². The van der Waals surface area contributed by atoms with E-state index < -0.39 is 0 Å². The third-order valence-corrected chi connectivity index (χ3v) is 4.05. The van der Waals surface area contributed by atoms with Crippen LogP contribution in [-0.2, 0) is 6.54 Å². The Morgan fingerprint density at radius 3 is 3.11 bits per heavy atom. The number of hydrogen-bond acceptors (Lipinski definition) is 3. The minimum absolute atomic E-state index is 0.663. The van der Waals surface area contributed by atoms with Gasteiger partial charge in [-0.05, 0) is 29.7 Å². The lowest BCUT2D eigenvalue weighted by Crippen LogP contribution is -2.36. The predicted molar refractivity (Wildman–Crippen MR) is 71.2 cm³/mol. The summed E-state index contributed by atoms with van der Waals surface area (Å²) in [5.74, 6) is 1.62. The maximum atomic E-state index is 5.57. The van der Waals surface area contributed by atoms with Crippen molar-refractivity contribution in [1.82, 2.24) is 5.32 Å². The van der Waals surface area contributed by atoms with Gasteiger partial charge in [0.05, 0.1) is 6.26 Å². The molecule has 92 valence electrons. The lowest BCUT2D eigenvalue weighted by Gasteiger charge is -2.38. The molecule has 0 fully saturated rings. The van der Waals surface area contributed by atoms with Crippen molar-refractivity contribution in [2.24, 2.45) is 0 Å². The smallest absolute Gasteiger partial charge is 0.199 e. The molecule has 0 radical (unpaired) electrons. The summed E-state index contributed by atoms with van der Waals surface area (Å²) in [7, 11) is 0. The van der Waals surface area contributed by atoms with E-state index in [1.165, 1.54) is 23.2 Å². The molecule has 3 heterocycles. The summed E-state index contributed by atoms with van der Waals surface area (Å²) in [5, 5.41) is 3.51. The highest BCUT2D eigenvalue weighted by molar-refractivity contribution is 5.68. The van der Waals surface area contributed by atoms with Gasteiger partial charge >= 0.3 is 0 Å². The number of anilines is 2. The van der Waals surface area contributed by atoms with Crippen LogP contribution in [0, 0.1) is 0 Å². The van der Waals surface area contributed by atoms with Crippen LogP contribution in [0.25, 0.3) is 0 Å². The lowest BCUT2D eigenvalue weighted by molar-refractivity contribution is 0.487. The number of nitrogens with one attached hydrogen (secondary N) is 1. The zero-order valence-electron chi connectivity index (χ0n) is 10.2. The molecule has 2 aliphatic rings. The largest absolute Gasteiger partial charge is 0.448 e. The summed E-state index contributed by atoms with van der Waals surface area (Å²) in [4.78, 5) is 2.31. The van der Waals surface area contributed by atoms with E-state index in [1.54, 1.807) is 6.26 Å². The topological polar surface area (TPSA) is 28.4 Å². The summed E-state index contributed by atoms with van der Waals surface area (Å²) in [6.45, 7) is 3.14. The van der Waals surface area contributed by atoms with Crippen LogP contribution in [-0.4, -0.2) is 13.1 Å². The van der Waals surface area contributed by atoms with Crippen LogP contribution in [0.4, 0.5) is 11.6 Å². The molecular formula is C15H16N2O. The van der Waals surface area contributed by atoms with E-state index in [9.17, 15) is 0 Å². The fraction of sp³-hybridized carbons (Fsp3) is 0.333. The van der Waals surface area contributed by atoms with Gasteiger partial charge < -0.3 is 14.6 Å². The Bertz CT molecular complexity index is 562. The Hall–Kier alpha value is -1.74. The van der Waals surface area contributed by atoms with Crippen molar-refractivity contribution in [1.29, 1.82) is 0 Å². The van der Waals surface area contributed by atoms with Crippen LogP contribution in [0.1, 0.15) is 23.5 Å². The van der Waals surface area contributed by atoms with E-state index in [0.29, 0.717) is 5.92 Å². The zero-order valence-corrected chi connectivity index (χ0v) is 10.2. The molecule has 18 heavy (non-hydrogen) atoms. The highest BCUT2D eigenvalue weighted by Gasteiger charge is 2.30. The maximum absolute atomic E-state index is 5.57. The molecule has 0 amide bonds. The molecule has 0 saturated carbocycles. The quantitative estimate of drug-likeness (QED) is 0.830. The molecule has 0 bridgehead atoms. The van der Waals surface area contributed by atoms with Crippen molar-refractivity contribution < 1.29 is 4.42 Å². The molecule has 0 aliphatic carbocycles. The average Bonchev–Trinajstić information content (AvgIpc) is 2.94. The van der Waals surface area contributed by atoms with E-state index >= 15 is 0 Å². The van der Waals surface area contributed by atoms with Crippen LogP contribution in [0.2, 0.25) is 0 Å². The van der Waals surface area contributed by atoms with Gasteiger partial charge in [-0.3, -0.25) is 0 Å². The Kier molecular flexibility index (Phi) is 2.20. The molecule has 3 nitrogen and oxygen atoms in total. The van der Waals surface area contributed by atoms with Gasteiger partial charge in [-0.25, -0.2) is 0 Å². The average molecular weight is 240 g/mol. The van der Waals surface area contributed by atoms with E-state index in [1.807, 2.05) is 12.1 Å². The van der Waals surface area contributed by atoms with Gasteiger partial charge in [0.15, 0.2) is 5.88 Å². The van der Waals surface area contributed by atoms with E-state index in [0.717, 1.165) is 25.5 Å². The Morgan fingerprint density at radius 1 is 1.22 bits per heavy atom. The molecule has 0 saturated heterocycles. The van der Waals surface area contributed by atoms with Gasteiger partial charge in [0, 0.05) is 37.3 Å². The molecule has 1 unspecified atom stereocenters. The molecule has 2 aliphatic heterocycles. The fourth-order valence-electron chi connectivity index (χ4n) is 3.25. The number of benzene rings is 1. The lowest BCUT2D eigenvalue weighted by atomic mass is 9.84. The second-order valence-electron chi connectivity index (χ2n) is 5.07. The van der Waals surface area contributed by atoms with Gasteiger partial charge in [-0.2, -0.15) is 0 Å². The van der Waals surface area contributed by atoms with Crippen molar-refractivity contribution in [2.75, 3.05) is 18.0 Å². The van der Waals surface area contributed by atoms with Gasteiger partial charge in [-0.15, -0.1) is 0 Å². The molecule has 4 rings (SSSR count). The summed E-state index contributed by atoms with van der Waals surface area (Å²) in [6.07, 6.45) is 2.94. The van der Waals surface area contributed by atoms with Crippen LogP contribution in [0.3, 0.4) is 0 Å². The first-order valence-electron chi connectivity index (χ1n) is 6.57. The molecular weight excluding hydrogens is 224 g/mol. The molecule has 3 heteroatoms. The number of furan rings is 1. The van der Waals surface area contributed by atoms with Crippen molar-refractivity contribution in [3.05, 3.63) is 47.7 Å². The monoisotopic (exact) mass is 240 g/mol. The van der Waals surface area contributed by atoms with Crippen molar-refractivity contribution in [3.63, 3.8) is 0 Å². The van der Waals surface area contributed by atoms with Crippen LogP contribution in [0.5, 0.6) is 0 Å². The van der Waals surface area contributed by atoms with Crippen LogP contribution >= 0.6 is 0 Å². The standard InChI is InChI=1S/C15H16N2O/c1-3-11-9-16-10-12-6-7-17(13(4-1)15(11)12)14-5-2-8-18-14/h1-5,8,12,16H,6-7,9-10H2. The highest BCUT2D eigenvalue weighted by atomic mass is 16.3. The minimum Gasteiger partial charge on any atom is -0.448 e. The van der Waals surface area contributed by atoms with Gasteiger partial charge in [0.1, 0.15) is 0 Å². The van der Waals surface area contributed by atoms with Crippen LogP contribution < -0.4 is 10.2 Å². The molecule has 1 atom stereocenters. The first-order valence-corrected chi connectivity index (χ1v) is 6.57. The number of rotatable bonds is 1. The molecule has 1 N–H and O–H groups in total. The third-order valence-electron chi connectivity index (χ3n) is 4.05. The first-order chi connectivity index (χ1) is 8.93. The molecule has 0 spiro atoms. The Balaban J connectivity index is 1.87. The summed E-state index contributed by atoms with van der Waals surface area (Å²) < 4.78 is 5.57. The number of hydrogen-bond donors (Lipinski definition) is 1. The normalized spacial score (nSPS) is 21.8. The van der Waals surface area contributed by atoms with E-state index in [2.05, 4.69) is 28.4 Å².